The van der Waals surface area contributed by atoms with Crippen LogP contribution < -0.4 is 0 Å². The SMILES string of the molecule is C=CCN(CC=C)S(=O)(=O)c1ccc([N+](=O)[O-])c(F)c1. The Labute approximate surface area is 116 Å². The van der Waals surface area contributed by atoms with Crippen molar-refractivity contribution in [1.29, 1.82) is 0 Å². The largest absolute Gasteiger partial charge is 0.304 e. The first-order chi connectivity index (χ1) is 9.34. The van der Waals surface area contributed by atoms with Gasteiger partial charge in [0.05, 0.1) is 9.82 Å². The molecule has 0 unspecified atom stereocenters. The fourth-order valence-electron chi connectivity index (χ4n) is 1.50. The highest BCUT2D eigenvalue weighted by molar-refractivity contribution is 7.89. The van der Waals surface area contributed by atoms with Gasteiger partial charge in [-0.3, -0.25) is 10.1 Å². The van der Waals surface area contributed by atoms with E-state index in [0.717, 1.165) is 16.4 Å². The maximum Gasteiger partial charge on any atom is 0.304 e. The molecule has 0 amide bonds. The van der Waals surface area contributed by atoms with Crippen LogP contribution in [0.5, 0.6) is 0 Å². The highest BCUT2D eigenvalue weighted by Crippen LogP contribution is 2.23. The molecule has 1 aromatic rings. The molecular weight excluding hydrogens is 287 g/mol. The van der Waals surface area contributed by atoms with Crippen molar-refractivity contribution in [2.24, 2.45) is 0 Å². The van der Waals surface area contributed by atoms with Crippen molar-refractivity contribution in [3.05, 3.63) is 59.4 Å². The van der Waals surface area contributed by atoms with E-state index in [4.69, 9.17) is 0 Å². The quantitative estimate of drug-likeness (QED) is 0.439. The lowest BCUT2D eigenvalue weighted by atomic mass is 10.3. The van der Waals surface area contributed by atoms with Gasteiger partial charge in [0, 0.05) is 25.2 Å². The number of nitro groups is 1. The molecule has 6 nitrogen and oxygen atoms in total. The lowest BCUT2D eigenvalue weighted by Gasteiger charge is -2.18. The van der Waals surface area contributed by atoms with Crippen LogP contribution in [0.1, 0.15) is 0 Å². The zero-order valence-electron chi connectivity index (χ0n) is 10.5. The van der Waals surface area contributed by atoms with E-state index in [9.17, 15) is 22.9 Å². The van der Waals surface area contributed by atoms with Crippen molar-refractivity contribution < 1.29 is 17.7 Å². The number of hydrogen-bond donors (Lipinski definition) is 0. The maximum atomic E-state index is 13.5. The number of benzene rings is 1. The van der Waals surface area contributed by atoms with Crippen LogP contribution in [0.4, 0.5) is 10.1 Å². The fourth-order valence-corrected chi connectivity index (χ4v) is 2.90. The van der Waals surface area contributed by atoms with Crippen molar-refractivity contribution in [2.75, 3.05) is 13.1 Å². The van der Waals surface area contributed by atoms with Gasteiger partial charge in [0.15, 0.2) is 0 Å². The third-order valence-corrected chi connectivity index (χ3v) is 4.25. The van der Waals surface area contributed by atoms with E-state index < -0.39 is 26.5 Å². The lowest BCUT2D eigenvalue weighted by Crippen LogP contribution is -2.31. The average molecular weight is 300 g/mol. The van der Waals surface area contributed by atoms with Gasteiger partial charge in [-0.1, -0.05) is 12.2 Å². The van der Waals surface area contributed by atoms with E-state index >= 15 is 0 Å². The van der Waals surface area contributed by atoms with Crippen molar-refractivity contribution in [3.63, 3.8) is 0 Å². The predicted molar refractivity (Wildman–Crippen MR) is 72.2 cm³/mol. The zero-order chi connectivity index (χ0) is 15.3. The van der Waals surface area contributed by atoms with Gasteiger partial charge in [0.2, 0.25) is 15.8 Å². The van der Waals surface area contributed by atoms with Crippen LogP contribution in [-0.2, 0) is 10.0 Å². The van der Waals surface area contributed by atoms with Gasteiger partial charge in [0.1, 0.15) is 0 Å². The van der Waals surface area contributed by atoms with Gasteiger partial charge in [-0.05, 0) is 6.07 Å². The summed E-state index contributed by atoms with van der Waals surface area (Å²) in [5, 5.41) is 10.5. The molecule has 1 aromatic carbocycles. The van der Waals surface area contributed by atoms with Gasteiger partial charge in [0.25, 0.3) is 0 Å². The number of nitrogens with zero attached hydrogens (tertiary/aromatic N) is 2. The van der Waals surface area contributed by atoms with E-state index in [1.807, 2.05) is 0 Å². The van der Waals surface area contributed by atoms with Crippen molar-refractivity contribution >= 4 is 15.7 Å². The smallest absolute Gasteiger partial charge is 0.258 e. The van der Waals surface area contributed by atoms with E-state index in [1.54, 1.807) is 0 Å². The number of halogens is 1. The molecule has 8 heteroatoms. The van der Waals surface area contributed by atoms with Gasteiger partial charge in [-0.15, -0.1) is 13.2 Å². The summed E-state index contributed by atoms with van der Waals surface area (Å²) in [5.41, 5.74) is -0.775. The summed E-state index contributed by atoms with van der Waals surface area (Å²) >= 11 is 0. The molecule has 0 N–H and O–H groups in total. The molecular formula is C12H13FN2O4S. The summed E-state index contributed by atoms with van der Waals surface area (Å²) in [5.74, 6) is -1.20. The molecule has 20 heavy (non-hydrogen) atoms. The Bertz CT molecular complexity index is 633. The Morgan fingerprint density at radius 2 is 1.85 bits per heavy atom. The lowest BCUT2D eigenvalue weighted by molar-refractivity contribution is -0.387. The summed E-state index contributed by atoms with van der Waals surface area (Å²) in [4.78, 5) is 9.22. The van der Waals surface area contributed by atoms with E-state index in [0.29, 0.717) is 6.07 Å². The van der Waals surface area contributed by atoms with Crippen LogP contribution in [0.25, 0.3) is 0 Å². The van der Waals surface area contributed by atoms with Crippen molar-refractivity contribution in [3.8, 4) is 0 Å². The number of sulfonamides is 1. The van der Waals surface area contributed by atoms with Gasteiger partial charge in [-0.25, -0.2) is 8.42 Å². The van der Waals surface area contributed by atoms with E-state index in [-0.39, 0.29) is 18.0 Å². The van der Waals surface area contributed by atoms with Crippen LogP contribution in [-0.4, -0.2) is 30.7 Å². The van der Waals surface area contributed by atoms with Gasteiger partial charge >= 0.3 is 5.69 Å². The Kier molecular flexibility index (Phi) is 5.12. The molecule has 0 aliphatic rings. The predicted octanol–water partition coefficient (Wildman–Crippen LogP) is 2.10. The first-order valence-electron chi connectivity index (χ1n) is 5.50. The first-order valence-corrected chi connectivity index (χ1v) is 6.94. The summed E-state index contributed by atoms with van der Waals surface area (Å²) in [6, 6.07) is 2.45. The molecule has 0 saturated heterocycles. The monoisotopic (exact) mass is 300 g/mol. The Hall–Kier alpha value is -2.06. The topological polar surface area (TPSA) is 80.5 Å². The molecule has 0 aromatic heterocycles. The minimum Gasteiger partial charge on any atom is -0.258 e. The molecule has 0 radical (unpaired) electrons. The van der Waals surface area contributed by atoms with Crippen LogP contribution in [0.3, 0.4) is 0 Å². The average Bonchev–Trinajstić information content (AvgIpc) is 2.37. The van der Waals surface area contributed by atoms with E-state index in [1.165, 1.54) is 12.2 Å². The number of hydrogen-bond acceptors (Lipinski definition) is 4. The van der Waals surface area contributed by atoms with Crippen LogP contribution in [0, 0.1) is 15.9 Å². The van der Waals surface area contributed by atoms with Crippen molar-refractivity contribution in [1.82, 2.24) is 4.31 Å². The third-order valence-electron chi connectivity index (χ3n) is 2.42. The highest BCUT2D eigenvalue weighted by atomic mass is 32.2. The molecule has 0 spiro atoms. The summed E-state index contributed by atoms with van der Waals surface area (Å²) in [6.45, 7) is 6.92. The zero-order valence-corrected chi connectivity index (χ0v) is 11.3. The second-order valence-electron chi connectivity index (χ2n) is 3.77. The van der Waals surface area contributed by atoms with Crippen molar-refractivity contribution in [2.45, 2.75) is 4.90 Å². The molecule has 0 saturated carbocycles. The van der Waals surface area contributed by atoms with Gasteiger partial charge in [-0.2, -0.15) is 8.70 Å². The van der Waals surface area contributed by atoms with Gasteiger partial charge < -0.3 is 0 Å². The molecule has 0 heterocycles. The Morgan fingerprint density at radius 3 is 2.25 bits per heavy atom. The molecule has 108 valence electrons. The standard InChI is InChI=1S/C12H13FN2O4S/c1-3-7-14(8-4-2)20(18,19)10-5-6-12(15(16)17)11(13)9-10/h3-6,9H,1-2,7-8H2. The molecule has 1 rings (SSSR count). The second kappa shape index (κ2) is 6.40. The summed E-state index contributed by atoms with van der Waals surface area (Å²) in [7, 11) is -3.96. The molecule has 0 aliphatic heterocycles. The molecule has 0 aliphatic carbocycles. The highest BCUT2D eigenvalue weighted by Gasteiger charge is 2.25. The van der Waals surface area contributed by atoms with Crippen LogP contribution in [0.15, 0.2) is 48.4 Å². The summed E-state index contributed by atoms with van der Waals surface area (Å²) < 4.78 is 39.0. The minimum absolute atomic E-state index is 0.0208. The Morgan fingerprint density at radius 1 is 1.30 bits per heavy atom. The number of rotatable bonds is 7. The fraction of sp³-hybridized carbons (Fsp3) is 0.167. The Balaban J connectivity index is 3.27. The number of nitro benzene ring substituents is 1. The first kappa shape index (κ1) is 16.0. The van der Waals surface area contributed by atoms with E-state index in [2.05, 4.69) is 13.2 Å². The third kappa shape index (κ3) is 3.28. The minimum atomic E-state index is -3.96. The maximum absolute atomic E-state index is 13.5. The summed E-state index contributed by atoms with van der Waals surface area (Å²) in [6.07, 6.45) is 2.76. The van der Waals surface area contributed by atoms with Crippen LogP contribution >= 0.6 is 0 Å². The second-order valence-corrected chi connectivity index (χ2v) is 5.71. The molecule has 0 atom stereocenters. The normalized spacial score (nSPS) is 11.3. The van der Waals surface area contributed by atoms with Crippen LogP contribution in [0.2, 0.25) is 0 Å². The molecule has 0 fully saturated rings. The molecule has 0 bridgehead atoms.